The summed E-state index contributed by atoms with van der Waals surface area (Å²) in [6, 6.07) is 6.34. The monoisotopic (exact) mass is 359 g/mol. The van der Waals surface area contributed by atoms with Gasteiger partial charge in [-0.15, -0.1) is 0 Å². The number of carbonyl (C=O) groups excluding carboxylic acids is 2. The number of hydrogen-bond acceptors (Lipinski definition) is 5. The lowest BCUT2D eigenvalue weighted by atomic mass is 10.1. The Morgan fingerprint density at radius 2 is 1.85 bits per heavy atom. The van der Waals surface area contributed by atoms with Gasteiger partial charge in [-0.05, 0) is 44.5 Å². The van der Waals surface area contributed by atoms with Crippen molar-refractivity contribution in [1.29, 1.82) is 0 Å². The van der Waals surface area contributed by atoms with Gasteiger partial charge >= 0.3 is 11.7 Å². The molecule has 1 aromatic carbocycles. The van der Waals surface area contributed by atoms with Gasteiger partial charge in [0, 0.05) is 30.4 Å². The number of benzene rings is 1. The Hall–Kier alpha value is -3.16. The minimum atomic E-state index is -0.484. The molecule has 2 aromatic rings. The second-order valence-electron chi connectivity index (χ2n) is 5.74. The van der Waals surface area contributed by atoms with E-state index in [1.54, 1.807) is 38.1 Å². The fourth-order valence-corrected chi connectivity index (χ4v) is 2.44. The number of nitrogens with one attached hydrogen (secondary N) is 2. The molecule has 0 atom stereocenters. The zero-order valence-corrected chi connectivity index (χ0v) is 14.9. The second kappa shape index (κ2) is 8.28. The van der Waals surface area contributed by atoms with Crippen molar-refractivity contribution in [2.24, 2.45) is 7.05 Å². The van der Waals surface area contributed by atoms with E-state index in [0.29, 0.717) is 29.1 Å². The predicted octanol–water partition coefficient (Wildman–Crippen LogP) is 1.13. The number of aryl methyl sites for hydroxylation is 1. The first kappa shape index (κ1) is 19.2. The van der Waals surface area contributed by atoms with Crippen LogP contribution >= 0.6 is 0 Å². The van der Waals surface area contributed by atoms with Crippen molar-refractivity contribution >= 4 is 17.6 Å². The number of rotatable bonds is 6. The second-order valence-corrected chi connectivity index (χ2v) is 5.74. The average Bonchev–Trinajstić information content (AvgIpc) is 2.60. The zero-order chi connectivity index (χ0) is 19.3. The standard InChI is InChI=1S/C18H21N3O5/c1-4-26-17(24)12-5-7-13(8-6-12)20-15(22)10-9-14-11(2)19-18(25)21(3)16(14)23/h5-8H,4,9-10H2,1-3H3,(H,19,25)(H,20,22). The third-order valence-corrected chi connectivity index (χ3v) is 3.90. The number of ether oxygens (including phenoxy) is 1. The van der Waals surface area contributed by atoms with Gasteiger partial charge in [-0.1, -0.05) is 0 Å². The van der Waals surface area contributed by atoms with Crippen LogP contribution in [0, 0.1) is 6.92 Å². The Morgan fingerprint density at radius 3 is 2.46 bits per heavy atom. The number of hydrogen-bond donors (Lipinski definition) is 2. The Morgan fingerprint density at radius 1 is 1.19 bits per heavy atom. The quantitative estimate of drug-likeness (QED) is 0.751. The fraction of sp³-hybridized carbons (Fsp3) is 0.333. The summed E-state index contributed by atoms with van der Waals surface area (Å²) in [4.78, 5) is 49.9. The topological polar surface area (TPSA) is 110 Å². The van der Waals surface area contributed by atoms with E-state index >= 15 is 0 Å². The molecule has 0 aliphatic rings. The summed E-state index contributed by atoms with van der Waals surface area (Å²) >= 11 is 0. The molecule has 0 aliphatic carbocycles. The summed E-state index contributed by atoms with van der Waals surface area (Å²) in [6.07, 6.45) is 0.295. The van der Waals surface area contributed by atoms with Gasteiger partial charge in [-0.3, -0.25) is 14.2 Å². The van der Waals surface area contributed by atoms with E-state index < -0.39 is 17.2 Å². The molecule has 0 radical (unpaired) electrons. The maximum Gasteiger partial charge on any atom is 0.338 e. The smallest absolute Gasteiger partial charge is 0.338 e. The molecular formula is C18H21N3O5. The van der Waals surface area contributed by atoms with Crippen LogP contribution in [-0.4, -0.2) is 28.0 Å². The van der Waals surface area contributed by atoms with Crippen LogP contribution < -0.4 is 16.6 Å². The van der Waals surface area contributed by atoms with E-state index in [9.17, 15) is 19.2 Å². The molecule has 0 saturated carbocycles. The van der Waals surface area contributed by atoms with E-state index in [2.05, 4.69) is 10.3 Å². The van der Waals surface area contributed by atoms with Gasteiger partial charge in [0.25, 0.3) is 5.56 Å². The summed E-state index contributed by atoms with van der Waals surface area (Å²) in [6.45, 7) is 3.65. The van der Waals surface area contributed by atoms with Crippen LogP contribution in [0.5, 0.6) is 0 Å². The van der Waals surface area contributed by atoms with Gasteiger partial charge in [0.2, 0.25) is 5.91 Å². The van der Waals surface area contributed by atoms with Crippen LogP contribution in [0.3, 0.4) is 0 Å². The Bertz CT molecular complexity index is 925. The molecule has 1 heterocycles. The molecule has 138 valence electrons. The predicted molar refractivity (Wildman–Crippen MR) is 96.4 cm³/mol. The number of aromatic amines is 1. The molecule has 26 heavy (non-hydrogen) atoms. The molecule has 1 aromatic heterocycles. The molecule has 2 rings (SSSR count). The highest BCUT2D eigenvalue weighted by atomic mass is 16.5. The van der Waals surface area contributed by atoms with Crippen molar-refractivity contribution in [2.45, 2.75) is 26.7 Å². The van der Waals surface area contributed by atoms with E-state index in [1.165, 1.54) is 7.05 Å². The van der Waals surface area contributed by atoms with Crippen LogP contribution in [0.15, 0.2) is 33.9 Å². The maximum absolute atomic E-state index is 12.1. The summed E-state index contributed by atoms with van der Waals surface area (Å²) in [5, 5.41) is 2.70. The Labute approximate surface area is 149 Å². The molecule has 0 bridgehead atoms. The Balaban J connectivity index is 2.00. The van der Waals surface area contributed by atoms with Gasteiger partial charge < -0.3 is 15.0 Å². The van der Waals surface area contributed by atoms with E-state index in [4.69, 9.17) is 4.74 Å². The summed E-state index contributed by atoms with van der Waals surface area (Å²) < 4.78 is 5.87. The van der Waals surface area contributed by atoms with E-state index in [-0.39, 0.29) is 18.7 Å². The molecule has 0 unspecified atom stereocenters. The average molecular weight is 359 g/mol. The van der Waals surface area contributed by atoms with Crippen molar-refractivity contribution < 1.29 is 14.3 Å². The SMILES string of the molecule is CCOC(=O)c1ccc(NC(=O)CCc2c(C)[nH]c(=O)n(C)c2=O)cc1. The van der Waals surface area contributed by atoms with Crippen molar-refractivity contribution in [1.82, 2.24) is 9.55 Å². The highest BCUT2D eigenvalue weighted by molar-refractivity contribution is 5.93. The minimum Gasteiger partial charge on any atom is -0.462 e. The van der Waals surface area contributed by atoms with Crippen molar-refractivity contribution in [3.05, 3.63) is 61.9 Å². The lowest BCUT2D eigenvalue weighted by Crippen LogP contribution is -2.36. The summed E-state index contributed by atoms with van der Waals surface area (Å²) in [7, 11) is 1.38. The fourth-order valence-electron chi connectivity index (χ4n) is 2.44. The van der Waals surface area contributed by atoms with Crippen LogP contribution in [-0.2, 0) is 23.0 Å². The summed E-state index contributed by atoms with van der Waals surface area (Å²) in [5.74, 6) is -0.698. The lowest BCUT2D eigenvalue weighted by molar-refractivity contribution is -0.116. The molecule has 0 fully saturated rings. The zero-order valence-electron chi connectivity index (χ0n) is 14.9. The molecule has 8 heteroatoms. The number of anilines is 1. The molecule has 0 spiro atoms. The molecule has 8 nitrogen and oxygen atoms in total. The number of esters is 1. The highest BCUT2D eigenvalue weighted by Crippen LogP contribution is 2.11. The minimum absolute atomic E-state index is 0.0851. The number of carbonyl (C=O) groups is 2. The molecule has 1 amide bonds. The van der Waals surface area contributed by atoms with E-state index in [1.807, 2.05) is 0 Å². The highest BCUT2D eigenvalue weighted by Gasteiger charge is 2.12. The molecular weight excluding hydrogens is 338 g/mol. The van der Waals surface area contributed by atoms with Crippen LogP contribution in [0.2, 0.25) is 0 Å². The number of H-pyrrole nitrogens is 1. The third-order valence-electron chi connectivity index (χ3n) is 3.90. The lowest BCUT2D eigenvalue weighted by Gasteiger charge is -2.08. The first-order chi connectivity index (χ1) is 12.3. The van der Waals surface area contributed by atoms with Crippen molar-refractivity contribution in [3.63, 3.8) is 0 Å². The maximum atomic E-state index is 12.1. The van der Waals surface area contributed by atoms with Gasteiger partial charge in [0.1, 0.15) is 0 Å². The van der Waals surface area contributed by atoms with Crippen LogP contribution in [0.25, 0.3) is 0 Å². The molecule has 0 aliphatic heterocycles. The largest absolute Gasteiger partial charge is 0.462 e. The molecule has 0 saturated heterocycles. The van der Waals surface area contributed by atoms with E-state index in [0.717, 1.165) is 4.57 Å². The Kier molecular flexibility index (Phi) is 6.11. The van der Waals surface area contributed by atoms with Crippen molar-refractivity contribution in [2.75, 3.05) is 11.9 Å². The number of amides is 1. The number of aromatic nitrogens is 2. The van der Waals surface area contributed by atoms with Gasteiger partial charge in [0.15, 0.2) is 0 Å². The van der Waals surface area contributed by atoms with Gasteiger partial charge in [0.05, 0.1) is 12.2 Å². The first-order valence-electron chi connectivity index (χ1n) is 8.19. The molecule has 2 N–H and O–H groups in total. The van der Waals surface area contributed by atoms with Gasteiger partial charge in [-0.2, -0.15) is 0 Å². The van der Waals surface area contributed by atoms with Gasteiger partial charge in [-0.25, -0.2) is 9.59 Å². The van der Waals surface area contributed by atoms with Crippen LogP contribution in [0.4, 0.5) is 5.69 Å². The van der Waals surface area contributed by atoms with Crippen LogP contribution in [0.1, 0.15) is 35.0 Å². The summed E-state index contributed by atoms with van der Waals surface area (Å²) in [5.41, 5.74) is 0.913. The third kappa shape index (κ3) is 4.47. The van der Waals surface area contributed by atoms with Crippen molar-refractivity contribution in [3.8, 4) is 0 Å². The number of nitrogens with zero attached hydrogens (tertiary/aromatic N) is 1. The normalized spacial score (nSPS) is 10.4. The first-order valence-corrected chi connectivity index (χ1v) is 8.19.